The lowest BCUT2D eigenvalue weighted by Crippen LogP contribution is -2.34. The van der Waals surface area contributed by atoms with Crippen molar-refractivity contribution >= 4 is 5.78 Å². The van der Waals surface area contributed by atoms with Gasteiger partial charge in [0.2, 0.25) is 0 Å². The highest BCUT2D eigenvalue weighted by molar-refractivity contribution is 5.84. The largest absolute Gasteiger partial charge is 0.297 e. The molecular formula is C6H8FNO2. The number of carbonyl (C=O) groups excluding carboxylic acids is 1. The number of alkyl halides is 1. The van der Waals surface area contributed by atoms with Crippen LogP contribution in [0.15, 0.2) is 0 Å². The maximum absolute atomic E-state index is 12.7. The molecule has 0 N–H and O–H groups in total. The summed E-state index contributed by atoms with van der Waals surface area (Å²) in [5.74, 6) is 0.0383. The number of ketones is 1. The number of rotatable bonds is 0. The van der Waals surface area contributed by atoms with Gasteiger partial charge in [-0.3, -0.25) is 9.63 Å². The van der Waals surface area contributed by atoms with E-state index in [0.29, 0.717) is 13.0 Å². The van der Waals surface area contributed by atoms with Crippen molar-refractivity contribution < 1.29 is 14.0 Å². The monoisotopic (exact) mass is 145 g/mol. The molecule has 4 heteroatoms. The van der Waals surface area contributed by atoms with E-state index in [4.69, 9.17) is 4.84 Å². The fraction of sp³-hybridized carbons (Fsp3) is 0.833. The average molecular weight is 145 g/mol. The molecule has 0 aromatic heterocycles. The first kappa shape index (κ1) is 6.24. The number of nitrogens with zero attached hydrogens (tertiary/aromatic N) is 1. The first-order valence-electron chi connectivity index (χ1n) is 3.37. The van der Waals surface area contributed by atoms with Crippen LogP contribution in [0.2, 0.25) is 0 Å². The minimum Gasteiger partial charge on any atom is -0.297 e. The van der Waals surface area contributed by atoms with Crippen molar-refractivity contribution in [2.45, 2.75) is 25.2 Å². The molecule has 0 amide bonds. The zero-order valence-corrected chi connectivity index (χ0v) is 5.42. The van der Waals surface area contributed by atoms with Crippen molar-refractivity contribution in [3.63, 3.8) is 0 Å². The fourth-order valence-electron chi connectivity index (χ4n) is 1.33. The van der Waals surface area contributed by atoms with Gasteiger partial charge in [-0.15, -0.1) is 0 Å². The molecule has 2 fully saturated rings. The molecule has 2 rings (SSSR count). The van der Waals surface area contributed by atoms with E-state index in [1.54, 1.807) is 0 Å². The summed E-state index contributed by atoms with van der Waals surface area (Å²) in [6, 6.07) is 0. The van der Waals surface area contributed by atoms with Gasteiger partial charge >= 0.3 is 0 Å². The number of hydrogen-bond acceptors (Lipinski definition) is 3. The van der Waals surface area contributed by atoms with Crippen LogP contribution in [-0.2, 0) is 9.63 Å². The first-order valence-corrected chi connectivity index (χ1v) is 3.37. The Balaban J connectivity index is 2.15. The number of fused-ring (bicyclic) bond motifs is 2. The highest BCUT2D eigenvalue weighted by atomic mass is 19.1. The topological polar surface area (TPSA) is 29.5 Å². The molecule has 1 unspecified atom stereocenters. The van der Waals surface area contributed by atoms with E-state index in [9.17, 15) is 9.18 Å². The fourth-order valence-corrected chi connectivity index (χ4v) is 1.33. The van der Waals surface area contributed by atoms with Gasteiger partial charge in [0.25, 0.3) is 0 Å². The lowest BCUT2D eigenvalue weighted by Gasteiger charge is -2.20. The van der Waals surface area contributed by atoms with Gasteiger partial charge in [0, 0.05) is 19.4 Å². The second kappa shape index (κ2) is 2.00. The number of carbonyl (C=O) groups is 1. The summed E-state index contributed by atoms with van der Waals surface area (Å²) in [4.78, 5) is 15.8. The van der Waals surface area contributed by atoms with E-state index >= 15 is 0 Å². The predicted molar refractivity (Wildman–Crippen MR) is 30.7 cm³/mol. The van der Waals surface area contributed by atoms with E-state index < -0.39 is 12.4 Å². The molecule has 0 aromatic rings. The van der Waals surface area contributed by atoms with Crippen LogP contribution in [0.25, 0.3) is 0 Å². The summed E-state index contributed by atoms with van der Waals surface area (Å²) < 4.78 is 12.7. The standard InChI is InChI=1S/C6H8FNO2/c7-6-3-5-4(9)1-2-8(6)10-5/h5-6H,1-3H2/t5-,6-/m1/s1. The SMILES string of the molecule is O=C1CCN2O[C@@H]1C[C@@H]2F. The maximum atomic E-state index is 12.7. The van der Waals surface area contributed by atoms with Crippen LogP contribution in [-0.4, -0.2) is 29.8 Å². The number of hydrogen-bond donors (Lipinski definition) is 0. The Kier molecular flexibility index (Phi) is 1.25. The van der Waals surface area contributed by atoms with Crippen molar-refractivity contribution in [2.24, 2.45) is 0 Å². The third kappa shape index (κ3) is 0.759. The van der Waals surface area contributed by atoms with E-state index in [2.05, 4.69) is 0 Å². The molecule has 10 heavy (non-hydrogen) atoms. The van der Waals surface area contributed by atoms with Gasteiger partial charge in [0.15, 0.2) is 12.1 Å². The number of Topliss-reactive ketones (excluding diaryl/α,β-unsaturated/α-hetero) is 1. The molecule has 3 nitrogen and oxygen atoms in total. The summed E-state index contributed by atoms with van der Waals surface area (Å²) in [6.45, 7) is 0.413. The van der Waals surface area contributed by atoms with Gasteiger partial charge in [-0.05, 0) is 0 Å². The van der Waals surface area contributed by atoms with E-state index in [1.165, 1.54) is 5.06 Å². The molecule has 2 aliphatic rings. The van der Waals surface area contributed by atoms with Gasteiger partial charge in [-0.2, -0.15) is 5.06 Å². The van der Waals surface area contributed by atoms with Gasteiger partial charge < -0.3 is 0 Å². The lowest BCUT2D eigenvalue weighted by atomic mass is 10.1. The van der Waals surface area contributed by atoms with Gasteiger partial charge in [0.05, 0.1) is 0 Å². The van der Waals surface area contributed by atoms with Gasteiger partial charge in [-0.1, -0.05) is 0 Å². The molecule has 56 valence electrons. The second-order valence-corrected chi connectivity index (χ2v) is 2.62. The molecule has 2 heterocycles. The van der Waals surface area contributed by atoms with E-state index in [0.717, 1.165) is 0 Å². The molecule has 2 saturated heterocycles. The van der Waals surface area contributed by atoms with Crippen molar-refractivity contribution in [1.29, 1.82) is 0 Å². The molecule has 2 bridgehead atoms. The third-order valence-electron chi connectivity index (χ3n) is 1.92. The van der Waals surface area contributed by atoms with Gasteiger partial charge in [-0.25, -0.2) is 4.39 Å². The van der Waals surface area contributed by atoms with Gasteiger partial charge in [0.1, 0.15) is 6.10 Å². The van der Waals surface area contributed by atoms with E-state index in [1.807, 2.05) is 0 Å². The van der Waals surface area contributed by atoms with Crippen LogP contribution in [0.3, 0.4) is 0 Å². The van der Waals surface area contributed by atoms with Crippen molar-refractivity contribution in [3.05, 3.63) is 0 Å². The molecule has 0 aromatic carbocycles. The van der Waals surface area contributed by atoms with Crippen LogP contribution in [0, 0.1) is 0 Å². The maximum Gasteiger partial charge on any atom is 0.178 e. The first-order chi connectivity index (χ1) is 4.77. The highest BCUT2D eigenvalue weighted by Crippen LogP contribution is 2.27. The Hall–Kier alpha value is -0.480. The summed E-state index contributed by atoms with van der Waals surface area (Å²) in [5.41, 5.74) is 0. The molecule has 3 atom stereocenters. The molecule has 0 saturated carbocycles. The molecule has 0 radical (unpaired) electrons. The number of hydroxylamine groups is 2. The Labute approximate surface area is 57.7 Å². The Morgan fingerprint density at radius 3 is 3.20 bits per heavy atom. The minimum absolute atomic E-state index is 0.0383. The second-order valence-electron chi connectivity index (χ2n) is 2.62. The van der Waals surface area contributed by atoms with Crippen LogP contribution >= 0.6 is 0 Å². The van der Waals surface area contributed by atoms with Crippen molar-refractivity contribution in [2.75, 3.05) is 6.54 Å². The zero-order valence-electron chi connectivity index (χ0n) is 5.42. The minimum atomic E-state index is -1.06. The smallest absolute Gasteiger partial charge is 0.178 e. The predicted octanol–water partition coefficient (Wildman–Crippen LogP) is 0.261. The average Bonchev–Trinajstić information content (AvgIpc) is 2.21. The summed E-state index contributed by atoms with van der Waals surface area (Å²) in [6.07, 6.45) is -0.885. The molecule has 0 spiro atoms. The quantitative estimate of drug-likeness (QED) is 0.458. The van der Waals surface area contributed by atoms with Crippen LogP contribution in [0.5, 0.6) is 0 Å². The molecular weight excluding hydrogens is 137 g/mol. The van der Waals surface area contributed by atoms with Crippen LogP contribution in [0.4, 0.5) is 4.39 Å². The summed E-state index contributed by atoms with van der Waals surface area (Å²) in [5, 5.41) is 1.26. The normalized spacial score (nSPS) is 46.1. The van der Waals surface area contributed by atoms with Crippen LogP contribution in [0.1, 0.15) is 12.8 Å². The van der Waals surface area contributed by atoms with Crippen molar-refractivity contribution in [3.8, 4) is 0 Å². The Morgan fingerprint density at radius 2 is 2.50 bits per heavy atom. The number of halogens is 1. The Morgan fingerprint density at radius 1 is 1.70 bits per heavy atom. The Bertz CT molecular complexity index is 171. The summed E-state index contributed by atoms with van der Waals surface area (Å²) >= 11 is 0. The summed E-state index contributed by atoms with van der Waals surface area (Å²) in [7, 11) is 0. The third-order valence-corrected chi connectivity index (χ3v) is 1.92. The van der Waals surface area contributed by atoms with Crippen molar-refractivity contribution in [1.82, 2.24) is 5.06 Å². The molecule has 2 aliphatic heterocycles. The van der Waals surface area contributed by atoms with Crippen LogP contribution < -0.4 is 0 Å². The lowest BCUT2D eigenvalue weighted by molar-refractivity contribution is -0.202. The highest BCUT2D eigenvalue weighted by Gasteiger charge is 2.41. The molecule has 0 aliphatic carbocycles. The van der Waals surface area contributed by atoms with E-state index in [-0.39, 0.29) is 12.2 Å². The zero-order chi connectivity index (χ0) is 7.14.